The van der Waals surface area contributed by atoms with E-state index < -0.39 is 4.92 Å². The Morgan fingerprint density at radius 3 is 3.17 bits per heavy atom. The summed E-state index contributed by atoms with van der Waals surface area (Å²) in [4.78, 5) is 18.6. The Labute approximate surface area is 109 Å². The maximum Gasteiger partial charge on any atom is 0.294 e. The van der Waals surface area contributed by atoms with Crippen molar-refractivity contribution in [3.8, 4) is 0 Å². The fourth-order valence-electron chi connectivity index (χ4n) is 1.34. The van der Waals surface area contributed by atoms with Crippen LogP contribution in [0.15, 0.2) is 39.3 Å². The number of hydrogen-bond donors (Lipinski definition) is 0. The Morgan fingerprint density at radius 1 is 1.50 bits per heavy atom. The van der Waals surface area contributed by atoms with E-state index in [0.29, 0.717) is 15.1 Å². The van der Waals surface area contributed by atoms with Crippen LogP contribution >= 0.6 is 23.1 Å². The predicted octanol–water partition coefficient (Wildman–Crippen LogP) is 2.25. The fourth-order valence-corrected chi connectivity index (χ4v) is 3.18. The fraction of sp³-hybridized carbons (Fsp3) is 0. The zero-order chi connectivity index (χ0) is 12.5. The van der Waals surface area contributed by atoms with Crippen molar-refractivity contribution in [1.82, 2.24) is 19.6 Å². The van der Waals surface area contributed by atoms with Crippen LogP contribution in [0, 0.1) is 10.1 Å². The molecule has 3 rings (SSSR count). The Bertz CT molecular complexity index is 689. The molecule has 7 nitrogen and oxygen atoms in total. The number of fused-ring (bicyclic) bond motifs is 1. The molecule has 0 radical (unpaired) electrons. The standard InChI is InChI=1S/C9H5N5O2S2/c15-14(16)6-2-5-17-7(6)18-9-11-8-10-3-1-4-13(8)12-9/h1-5H. The summed E-state index contributed by atoms with van der Waals surface area (Å²) in [6.45, 7) is 0. The van der Waals surface area contributed by atoms with Crippen molar-refractivity contribution in [3.05, 3.63) is 40.0 Å². The van der Waals surface area contributed by atoms with E-state index in [1.807, 2.05) is 0 Å². The lowest BCUT2D eigenvalue weighted by Crippen LogP contribution is -1.87. The molecule has 0 saturated heterocycles. The summed E-state index contributed by atoms with van der Waals surface area (Å²) >= 11 is 2.46. The summed E-state index contributed by atoms with van der Waals surface area (Å²) in [5, 5.41) is 17.1. The predicted molar refractivity (Wildman–Crippen MR) is 65.9 cm³/mol. The highest BCUT2D eigenvalue weighted by molar-refractivity contribution is 8.01. The number of thiophene rings is 1. The smallest absolute Gasteiger partial charge is 0.258 e. The maximum atomic E-state index is 10.8. The van der Waals surface area contributed by atoms with Gasteiger partial charge in [0.05, 0.1) is 4.92 Å². The molecule has 0 unspecified atom stereocenters. The third kappa shape index (κ3) is 1.93. The van der Waals surface area contributed by atoms with Gasteiger partial charge in [-0.05, 0) is 23.2 Å². The average molecular weight is 279 g/mol. The summed E-state index contributed by atoms with van der Waals surface area (Å²) in [5.74, 6) is 0.471. The highest BCUT2D eigenvalue weighted by Crippen LogP contribution is 2.37. The minimum absolute atomic E-state index is 0.0804. The van der Waals surface area contributed by atoms with E-state index >= 15 is 0 Å². The normalized spacial score (nSPS) is 10.9. The van der Waals surface area contributed by atoms with E-state index in [9.17, 15) is 10.1 Å². The molecule has 0 saturated carbocycles. The van der Waals surface area contributed by atoms with Crippen molar-refractivity contribution in [2.75, 3.05) is 0 Å². The van der Waals surface area contributed by atoms with Gasteiger partial charge in [0.2, 0.25) is 5.16 Å². The first kappa shape index (κ1) is 11.1. The molecule has 9 heteroatoms. The van der Waals surface area contributed by atoms with Crippen molar-refractivity contribution in [2.24, 2.45) is 0 Å². The first-order valence-electron chi connectivity index (χ1n) is 4.81. The molecule has 0 bridgehead atoms. The van der Waals surface area contributed by atoms with Crippen LogP contribution < -0.4 is 0 Å². The van der Waals surface area contributed by atoms with E-state index in [-0.39, 0.29) is 5.69 Å². The molecule has 0 spiro atoms. The van der Waals surface area contributed by atoms with E-state index in [4.69, 9.17) is 0 Å². The van der Waals surface area contributed by atoms with Gasteiger partial charge in [-0.25, -0.2) is 9.50 Å². The van der Waals surface area contributed by atoms with Crippen molar-refractivity contribution in [2.45, 2.75) is 9.37 Å². The summed E-state index contributed by atoms with van der Waals surface area (Å²) in [7, 11) is 0. The molecule has 0 amide bonds. The van der Waals surface area contributed by atoms with Crippen LogP contribution in [0.2, 0.25) is 0 Å². The molecule has 3 aromatic heterocycles. The Hall–Kier alpha value is -2.00. The lowest BCUT2D eigenvalue weighted by Gasteiger charge is -1.91. The van der Waals surface area contributed by atoms with Crippen LogP contribution in [0.5, 0.6) is 0 Å². The average Bonchev–Trinajstić information content (AvgIpc) is 2.94. The number of rotatable bonds is 3. The highest BCUT2D eigenvalue weighted by Gasteiger charge is 2.18. The molecule has 90 valence electrons. The molecular weight excluding hydrogens is 274 g/mol. The summed E-state index contributed by atoms with van der Waals surface area (Å²) in [5.41, 5.74) is 0.0804. The number of nitro groups is 1. The van der Waals surface area contributed by atoms with Crippen LogP contribution in [0.3, 0.4) is 0 Å². The minimum atomic E-state index is -0.410. The Morgan fingerprint density at radius 2 is 2.39 bits per heavy atom. The molecule has 3 heterocycles. The summed E-state index contributed by atoms with van der Waals surface area (Å²) in [6.07, 6.45) is 3.34. The topological polar surface area (TPSA) is 86.2 Å². The van der Waals surface area contributed by atoms with Crippen LogP contribution in [0.25, 0.3) is 5.78 Å². The number of hydrogen-bond acceptors (Lipinski definition) is 7. The van der Waals surface area contributed by atoms with Gasteiger partial charge in [0.15, 0.2) is 0 Å². The van der Waals surface area contributed by atoms with Gasteiger partial charge in [-0.3, -0.25) is 10.1 Å². The zero-order valence-electron chi connectivity index (χ0n) is 8.76. The van der Waals surface area contributed by atoms with Crippen LogP contribution in [0.4, 0.5) is 5.69 Å². The van der Waals surface area contributed by atoms with Crippen LogP contribution in [-0.2, 0) is 0 Å². The summed E-state index contributed by atoms with van der Waals surface area (Å²) in [6, 6.07) is 3.21. The lowest BCUT2D eigenvalue weighted by atomic mass is 10.6. The minimum Gasteiger partial charge on any atom is -0.258 e. The molecule has 3 aromatic rings. The number of aromatic nitrogens is 4. The summed E-state index contributed by atoms with van der Waals surface area (Å²) < 4.78 is 2.10. The molecule has 0 aliphatic carbocycles. The van der Waals surface area contributed by atoms with Gasteiger partial charge in [0.1, 0.15) is 4.21 Å². The largest absolute Gasteiger partial charge is 0.294 e. The van der Waals surface area contributed by atoms with E-state index in [2.05, 4.69) is 15.1 Å². The molecule has 0 aromatic carbocycles. The van der Waals surface area contributed by atoms with E-state index in [1.165, 1.54) is 33.7 Å². The molecule has 0 atom stereocenters. The maximum absolute atomic E-state index is 10.8. The molecule has 0 N–H and O–H groups in total. The van der Waals surface area contributed by atoms with Gasteiger partial charge < -0.3 is 0 Å². The van der Waals surface area contributed by atoms with Gasteiger partial charge in [-0.2, -0.15) is 4.98 Å². The van der Waals surface area contributed by atoms with Crippen molar-refractivity contribution in [1.29, 1.82) is 0 Å². The second kappa shape index (κ2) is 4.35. The van der Waals surface area contributed by atoms with Crippen molar-refractivity contribution < 1.29 is 4.92 Å². The monoisotopic (exact) mass is 279 g/mol. The van der Waals surface area contributed by atoms with E-state index in [0.717, 1.165) is 0 Å². The van der Waals surface area contributed by atoms with Gasteiger partial charge in [-0.15, -0.1) is 16.4 Å². The first-order chi connectivity index (χ1) is 8.74. The Balaban J connectivity index is 1.96. The third-order valence-electron chi connectivity index (χ3n) is 2.09. The second-order valence-corrected chi connectivity index (χ2v) is 5.36. The van der Waals surface area contributed by atoms with Crippen molar-refractivity contribution >= 4 is 34.6 Å². The second-order valence-electron chi connectivity index (χ2n) is 3.21. The van der Waals surface area contributed by atoms with Crippen molar-refractivity contribution in [3.63, 3.8) is 0 Å². The SMILES string of the molecule is O=[N+]([O-])c1ccsc1Sc1nc2ncccn2n1. The van der Waals surface area contributed by atoms with Crippen LogP contribution in [0.1, 0.15) is 0 Å². The molecule has 0 fully saturated rings. The van der Waals surface area contributed by atoms with Gasteiger partial charge in [0.25, 0.3) is 11.5 Å². The lowest BCUT2D eigenvalue weighted by molar-refractivity contribution is -0.387. The molecule has 0 aliphatic heterocycles. The Kier molecular flexibility index (Phi) is 2.68. The molecule has 0 aliphatic rings. The van der Waals surface area contributed by atoms with Gasteiger partial charge in [-0.1, -0.05) is 0 Å². The zero-order valence-corrected chi connectivity index (χ0v) is 10.4. The van der Waals surface area contributed by atoms with E-state index in [1.54, 1.807) is 23.8 Å². The molecule has 18 heavy (non-hydrogen) atoms. The first-order valence-corrected chi connectivity index (χ1v) is 6.51. The highest BCUT2D eigenvalue weighted by atomic mass is 32.2. The van der Waals surface area contributed by atoms with Gasteiger partial charge in [0, 0.05) is 18.5 Å². The number of nitrogens with zero attached hydrogens (tertiary/aromatic N) is 5. The molecular formula is C9H5N5O2S2. The van der Waals surface area contributed by atoms with Gasteiger partial charge >= 0.3 is 0 Å². The van der Waals surface area contributed by atoms with Crippen LogP contribution in [-0.4, -0.2) is 24.5 Å². The third-order valence-corrected chi connectivity index (χ3v) is 4.07. The quantitative estimate of drug-likeness (QED) is 0.540.